The van der Waals surface area contributed by atoms with E-state index in [1.165, 1.54) is 16.4 Å². The number of anilines is 1. The van der Waals surface area contributed by atoms with Gasteiger partial charge in [-0.1, -0.05) is 0 Å². The number of benzene rings is 1. The van der Waals surface area contributed by atoms with Gasteiger partial charge < -0.3 is 5.32 Å². The SMILES string of the molecule is CS(=O)(=O)N1CCC[C@H](C(=O)Nc2ccc3c(c2)C(=O)NC3=O)C1. The number of amides is 3. The molecule has 1 saturated heterocycles. The maximum absolute atomic E-state index is 12.4. The molecule has 0 aromatic heterocycles. The second-order valence-corrected chi connectivity index (χ2v) is 7.98. The molecular formula is C15H17N3O5S. The van der Waals surface area contributed by atoms with Crippen LogP contribution in [-0.4, -0.2) is 49.8 Å². The predicted molar refractivity (Wildman–Crippen MR) is 86.0 cm³/mol. The number of sulfonamides is 1. The summed E-state index contributed by atoms with van der Waals surface area (Å²) in [6, 6.07) is 4.48. The Balaban J connectivity index is 1.73. The summed E-state index contributed by atoms with van der Waals surface area (Å²) in [6.45, 7) is 0.568. The fourth-order valence-electron chi connectivity index (χ4n) is 2.95. The normalized spacial score (nSPS) is 21.3. The van der Waals surface area contributed by atoms with Crippen molar-refractivity contribution in [1.82, 2.24) is 9.62 Å². The summed E-state index contributed by atoms with van der Waals surface area (Å²) in [5.74, 6) is -1.69. The van der Waals surface area contributed by atoms with Crippen molar-refractivity contribution in [2.24, 2.45) is 5.92 Å². The summed E-state index contributed by atoms with van der Waals surface area (Å²) in [5, 5.41) is 4.88. The predicted octanol–water partition coefficient (Wildman–Crippen LogP) is 0.180. The van der Waals surface area contributed by atoms with E-state index < -0.39 is 27.8 Å². The largest absolute Gasteiger partial charge is 0.326 e. The zero-order valence-electron chi connectivity index (χ0n) is 13.0. The molecule has 0 saturated carbocycles. The summed E-state index contributed by atoms with van der Waals surface area (Å²) in [6.07, 6.45) is 2.34. The molecule has 2 aliphatic rings. The third kappa shape index (κ3) is 3.17. The highest BCUT2D eigenvalue weighted by molar-refractivity contribution is 7.88. The van der Waals surface area contributed by atoms with Crippen molar-refractivity contribution in [2.75, 3.05) is 24.7 Å². The van der Waals surface area contributed by atoms with Crippen LogP contribution in [0.4, 0.5) is 5.69 Å². The fraction of sp³-hybridized carbons (Fsp3) is 0.400. The lowest BCUT2D eigenvalue weighted by atomic mass is 9.98. The Kier molecular flexibility index (Phi) is 4.14. The molecule has 1 fully saturated rings. The number of imide groups is 1. The first-order valence-corrected chi connectivity index (χ1v) is 9.36. The molecule has 1 atom stereocenters. The van der Waals surface area contributed by atoms with Gasteiger partial charge in [-0.15, -0.1) is 0 Å². The van der Waals surface area contributed by atoms with Crippen LogP contribution in [0.1, 0.15) is 33.6 Å². The number of nitrogens with zero attached hydrogens (tertiary/aromatic N) is 1. The standard InChI is InChI=1S/C15H17N3O5S/c1-24(22,23)18-6-2-3-9(8-18)13(19)16-10-4-5-11-12(7-10)15(21)17-14(11)20/h4-5,7,9H,2-3,6,8H2,1H3,(H,16,19)(H,17,20,21)/t9-/m0/s1. The topological polar surface area (TPSA) is 113 Å². The summed E-state index contributed by atoms with van der Waals surface area (Å²) in [5.41, 5.74) is 0.901. The minimum atomic E-state index is -3.32. The molecule has 128 valence electrons. The summed E-state index contributed by atoms with van der Waals surface area (Å²) >= 11 is 0. The van der Waals surface area contributed by atoms with Gasteiger partial charge in [0.2, 0.25) is 15.9 Å². The first kappa shape index (κ1) is 16.6. The molecule has 2 N–H and O–H groups in total. The van der Waals surface area contributed by atoms with Crippen LogP contribution < -0.4 is 10.6 Å². The number of rotatable bonds is 3. The molecule has 0 aliphatic carbocycles. The van der Waals surface area contributed by atoms with Gasteiger partial charge in [-0.2, -0.15) is 0 Å². The second-order valence-electron chi connectivity index (χ2n) is 5.99. The maximum atomic E-state index is 12.4. The van der Waals surface area contributed by atoms with Gasteiger partial charge in [-0.05, 0) is 31.0 Å². The fourth-order valence-corrected chi connectivity index (χ4v) is 3.86. The highest BCUT2D eigenvalue weighted by Gasteiger charge is 2.31. The molecular weight excluding hydrogens is 334 g/mol. The Morgan fingerprint density at radius 1 is 1.25 bits per heavy atom. The van der Waals surface area contributed by atoms with Crippen molar-refractivity contribution in [3.63, 3.8) is 0 Å². The third-order valence-electron chi connectivity index (χ3n) is 4.23. The monoisotopic (exact) mass is 351 g/mol. The summed E-state index contributed by atoms with van der Waals surface area (Å²) in [4.78, 5) is 35.5. The Bertz CT molecular complexity index is 834. The van der Waals surface area contributed by atoms with Crippen LogP contribution in [0.2, 0.25) is 0 Å². The lowest BCUT2D eigenvalue weighted by molar-refractivity contribution is -0.120. The molecule has 3 amide bonds. The molecule has 2 heterocycles. The summed E-state index contributed by atoms with van der Waals surface area (Å²) < 4.78 is 24.6. The first-order valence-electron chi connectivity index (χ1n) is 7.51. The Labute approximate surface area is 139 Å². The van der Waals surface area contributed by atoms with Crippen LogP contribution in [0.25, 0.3) is 0 Å². The molecule has 1 aromatic rings. The lowest BCUT2D eigenvalue weighted by Crippen LogP contribution is -2.43. The van der Waals surface area contributed by atoms with Crippen LogP contribution in [-0.2, 0) is 14.8 Å². The number of fused-ring (bicyclic) bond motifs is 1. The zero-order valence-corrected chi connectivity index (χ0v) is 13.9. The van der Waals surface area contributed by atoms with Crippen molar-refractivity contribution in [3.8, 4) is 0 Å². The number of carbonyl (C=O) groups is 3. The Hall–Kier alpha value is -2.26. The first-order chi connectivity index (χ1) is 11.3. The quantitative estimate of drug-likeness (QED) is 0.755. The van der Waals surface area contributed by atoms with Gasteiger partial charge in [0.25, 0.3) is 11.8 Å². The number of carbonyl (C=O) groups excluding carboxylic acids is 3. The van der Waals surface area contributed by atoms with E-state index in [2.05, 4.69) is 10.6 Å². The van der Waals surface area contributed by atoms with Crippen molar-refractivity contribution in [2.45, 2.75) is 12.8 Å². The van der Waals surface area contributed by atoms with Gasteiger partial charge in [0, 0.05) is 18.8 Å². The molecule has 24 heavy (non-hydrogen) atoms. The highest BCUT2D eigenvalue weighted by atomic mass is 32.2. The van der Waals surface area contributed by atoms with E-state index in [9.17, 15) is 22.8 Å². The van der Waals surface area contributed by atoms with E-state index in [0.717, 1.165) is 6.26 Å². The minimum absolute atomic E-state index is 0.147. The van der Waals surface area contributed by atoms with Gasteiger partial charge in [-0.3, -0.25) is 19.7 Å². The van der Waals surface area contributed by atoms with Crippen molar-refractivity contribution < 1.29 is 22.8 Å². The molecule has 0 radical (unpaired) electrons. The van der Waals surface area contributed by atoms with Gasteiger partial charge in [-0.25, -0.2) is 12.7 Å². The van der Waals surface area contributed by atoms with Gasteiger partial charge in [0.1, 0.15) is 0 Å². The number of hydrogen-bond donors (Lipinski definition) is 2. The van der Waals surface area contributed by atoms with E-state index in [0.29, 0.717) is 25.1 Å². The molecule has 2 aliphatic heterocycles. The van der Waals surface area contributed by atoms with E-state index in [4.69, 9.17) is 0 Å². The average molecular weight is 351 g/mol. The zero-order chi connectivity index (χ0) is 17.5. The van der Waals surface area contributed by atoms with E-state index in [1.54, 1.807) is 6.07 Å². The lowest BCUT2D eigenvalue weighted by Gasteiger charge is -2.30. The Morgan fingerprint density at radius 3 is 2.67 bits per heavy atom. The second kappa shape index (κ2) is 5.99. The number of hydrogen-bond acceptors (Lipinski definition) is 5. The van der Waals surface area contributed by atoms with Gasteiger partial charge >= 0.3 is 0 Å². The van der Waals surface area contributed by atoms with E-state index in [1.807, 2.05) is 0 Å². The Morgan fingerprint density at radius 2 is 1.96 bits per heavy atom. The number of piperidine rings is 1. The van der Waals surface area contributed by atoms with Crippen LogP contribution in [0, 0.1) is 5.92 Å². The van der Waals surface area contributed by atoms with E-state index in [-0.39, 0.29) is 23.6 Å². The van der Waals surface area contributed by atoms with Crippen molar-refractivity contribution >= 4 is 33.4 Å². The highest BCUT2D eigenvalue weighted by Crippen LogP contribution is 2.23. The maximum Gasteiger partial charge on any atom is 0.259 e. The van der Waals surface area contributed by atoms with Crippen LogP contribution in [0.5, 0.6) is 0 Å². The molecule has 0 spiro atoms. The molecule has 9 heteroatoms. The van der Waals surface area contributed by atoms with E-state index >= 15 is 0 Å². The molecule has 3 rings (SSSR count). The van der Waals surface area contributed by atoms with Gasteiger partial charge in [0.05, 0.1) is 23.3 Å². The molecule has 1 aromatic carbocycles. The third-order valence-corrected chi connectivity index (χ3v) is 5.50. The van der Waals surface area contributed by atoms with Gasteiger partial charge in [0.15, 0.2) is 0 Å². The average Bonchev–Trinajstić information content (AvgIpc) is 2.81. The van der Waals surface area contributed by atoms with Crippen molar-refractivity contribution in [1.29, 1.82) is 0 Å². The van der Waals surface area contributed by atoms with Crippen LogP contribution in [0.3, 0.4) is 0 Å². The number of nitrogens with one attached hydrogen (secondary N) is 2. The molecule has 8 nitrogen and oxygen atoms in total. The smallest absolute Gasteiger partial charge is 0.259 e. The van der Waals surface area contributed by atoms with Crippen molar-refractivity contribution in [3.05, 3.63) is 29.3 Å². The molecule has 0 unspecified atom stereocenters. The summed E-state index contributed by atoms with van der Waals surface area (Å²) in [7, 11) is -3.32. The van der Waals surface area contributed by atoms with Crippen LogP contribution >= 0.6 is 0 Å². The minimum Gasteiger partial charge on any atom is -0.326 e. The van der Waals surface area contributed by atoms with Crippen LogP contribution in [0.15, 0.2) is 18.2 Å². The molecule has 0 bridgehead atoms.